The number of nitrogens with zero attached hydrogens (tertiary/aromatic N) is 3. The molecule has 0 saturated carbocycles. The summed E-state index contributed by atoms with van der Waals surface area (Å²) in [4.78, 5) is 35.2. The maximum Gasteiger partial charge on any atom is 0.323 e. The van der Waals surface area contributed by atoms with Gasteiger partial charge in [-0.1, -0.05) is 0 Å². The second-order valence-corrected chi connectivity index (χ2v) is 10.3. The van der Waals surface area contributed by atoms with Crippen LogP contribution in [0.5, 0.6) is 0 Å². The number of carbonyl (C=O) groups excluding carboxylic acids is 2. The third-order valence-corrected chi connectivity index (χ3v) is 7.02. The molecule has 3 amide bonds. The number of halogens is 2. The SMILES string of the molecule is CC(=O)Nc1ccc(NC(=O)Nc2ccc(-c3nc(N4CCOCC4)c4cc(F)c(-c5ccc(C)o5)cc4n3)cc2F)cc1. The zero-order chi connectivity index (χ0) is 30.8. The fourth-order valence-corrected chi connectivity index (χ4v) is 4.93. The molecule has 0 unspecified atom stereocenters. The van der Waals surface area contributed by atoms with Crippen LogP contribution >= 0.6 is 0 Å². The van der Waals surface area contributed by atoms with Gasteiger partial charge in [-0.3, -0.25) is 4.79 Å². The number of ether oxygens (including phenoxy) is 1. The first-order chi connectivity index (χ1) is 21.2. The molecule has 0 radical (unpaired) electrons. The minimum Gasteiger partial charge on any atom is -0.461 e. The standard InChI is InChI=1S/C32H28F2N6O4/c1-18-3-10-29(44-18)23-17-28-24(16-25(23)33)31(40-11-13-43-14-12-40)39-30(37-28)20-4-9-27(26(34)15-20)38-32(42)36-22-7-5-21(6-8-22)35-19(2)41/h3-10,15-17H,11-14H2,1-2H3,(H,35,41)(H2,36,38,42). The Hall–Kier alpha value is -5.36. The molecule has 3 aromatic carbocycles. The van der Waals surface area contributed by atoms with Crippen LogP contribution in [0.1, 0.15) is 12.7 Å². The number of anilines is 4. The molecular formula is C32H28F2N6O4. The summed E-state index contributed by atoms with van der Waals surface area (Å²) in [7, 11) is 0. The highest BCUT2D eigenvalue weighted by atomic mass is 19.1. The molecule has 3 N–H and O–H groups in total. The average molecular weight is 599 g/mol. The van der Waals surface area contributed by atoms with Crippen LogP contribution in [0.2, 0.25) is 0 Å². The number of hydrogen-bond acceptors (Lipinski definition) is 7. The van der Waals surface area contributed by atoms with Crippen molar-refractivity contribution in [3.8, 4) is 22.7 Å². The monoisotopic (exact) mass is 598 g/mol. The molecule has 0 atom stereocenters. The van der Waals surface area contributed by atoms with Crippen LogP contribution in [0.4, 0.5) is 36.5 Å². The normalized spacial score (nSPS) is 13.1. The molecule has 1 saturated heterocycles. The Labute approximate surface area is 251 Å². The minimum atomic E-state index is -0.693. The van der Waals surface area contributed by atoms with Gasteiger partial charge in [-0.2, -0.15) is 0 Å². The van der Waals surface area contributed by atoms with Gasteiger partial charge in [0.15, 0.2) is 5.82 Å². The summed E-state index contributed by atoms with van der Waals surface area (Å²) in [6.45, 7) is 5.26. The van der Waals surface area contributed by atoms with Gasteiger partial charge in [0.2, 0.25) is 5.91 Å². The number of aromatic nitrogens is 2. The largest absolute Gasteiger partial charge is 0.461 e. The fraction of sp³-hybridized carbons (Fsp3) is 0.188. The van der Waals surface area contributed by atoms with Gasteiger partial charge in [-0.25, -0.2) is 23.5 Å². The molecule has 224 valence electrons. The summed E-state index contributed by atoms with van der Waals surface area (Å²) < 4.78 is 41.8. The summed E-state index contributed by atoms with van der Waals surface area (Å²) in [5.74, 6) is 0.397. The van der Waals surface area contributed by atoms with E-state index in [0.717, 1.165) is 0 Å². The van der Waals surface area contributed by atoms with Gasteiger partial charge in [-0.15, -0.1) is 0 Å². The Morgan fingerprint density at radius 1 is 0.841 bits per heavy atom. The summed E-state index contributed by atoms with van der Waals surface area (Å²) >= 11 is 0. The van der Waals surface area contributed by atoms with Crippen molar-refractivity contribution in [2.45, 2.75) is 13.8 Å². The first-order valence-electron chi connectivity index (χ1n) is 13.9. The van der Waals surface area contributed by atoms with Crippen LogP contribution in [0.3, 0.4) is 0 Å². The van der Waals surface area contributed by atoms with E-state index in [1.165, 1.54) is 25.1 Å². The van der Waals surface area contributed by atoms with E-state index >= 15 is 8.78 Å². The van der Waals surface area contributed by atoms with Crippen molar-refractivity contribution < 1.29 is 27.5 Å². The predicted molar refractivity (Wildman–Crippen MR) is 164 cm³/mol. The molecule has 12 heteroatoms. The van der Waals surface area contributed by atoms with Crippen LogP contribution in [0.25, 0.3) is 33.6 Å². The van der Waals surface area contributed by atoms with Gasteiger partial charge in [0, 0.05) is 42.3 Å². The number of urea groups is 1. The number of amides is 3. The highest BCUT2D eigenvalue weighted by Gasteiger charge is 2.21. The Balaban J connectivity index is 1.29. The van der Waals surface area contributed by atoms with E-state index < -0.39 is 17.7 Å². The number of furan rings is 1. The maximum atomic E-state index is 15.3. The van der Waals surface area contributed by atoms with Crippen molar-refractivity contribution in [2.24, 2.45) is 0 Å². The van der Waals surface area contributed by atoms with E-state index in [1.54, 1.807) is 55.5 Å². The van der Waals surface area contributed by atoms with Gasteiger partial charge in [-0.05, 0) is 73.7 Å². The van der Waals surface area contributed by atoms with E-state index in [0.29, 0.717) is 71.5 Å². The van der Waals surface area contributed by atoms with Crippen LogP contribution < -0.4 is 20.9 Å². The first kappa shape index (κ1) is 28.7. The number of rotatable bonds is 6. The molecule has 3 heterocycles. The van der Waals surface area contributed by atoms with Crippen molar-refractivity contribution in [1.29, 1.82) is 0 Å². The molecule has 0 aliphatic carbocycles. The number of benzene rings is 3. The molecular weight excluding hydrogens is 570 g/mol. The smallest absolute Gasteiger partial charge is 0.323 e. The van der Waals surface area contributed by atoms with E-state index in [9.17, 15) is 9.59 Å². The number of morpholine rings is 1. The zero-order valence-electron chi connectivity index (χ0n) is 23.9. The average Bonchev–Trinajstić information content (AvgIpc) is 3.44. The molecule has 1 aliphatic rings. The third-order valence-electron chi connectivity index (χ3n) is 7.02. The minimum absolute atomic E-state index is 0.0483. The maximum absolute atomic E-state index is 15.3. The molecule has 1 aliphatic heterocycles. The van der Waals surface area contributed by atoms with Crippen molar-refractivity contribution >= 4 is 45.7 Å². The topological polar surface area (TPSA) is 122 Å². The molecule has 5 aromatic rings. The highest BCUT2D eigenvalue weighted by molar-refractivity contribution is 6.00. The quantitative estimate of drug-likeness (QED) is 0.202. The Morgan fingerprint density at radius 3 is 2.23 bits per heavy atom. The van der Waals surface area contributed by atoms with Crippen molar-refractivity contribution in [2.75, 3.05) is 47.2 Å². The van der Waals surface area contributed by atoms with Gasteiger partial charge < -0.3 is 30.0 Å². The lowest BCUT2D eigenvalue weighted by atomic mass is 10.1. The van der Waals surface area contributed by atoms with E-state index in [-0.39, 0.29) is 23.0 Å². The zero-order valence-corrected chi connectivity index (χ0v) is 23.9. The summed E-state index contributed by atoms with van der Waals surface area (Å²) in [6.07, 6.45) is 0. The van der Waals surface area contributed by atoms with Crippen LogP contribution in [0.15, 0.2) is 71.1 Å². The lowest BCUT2D eigenvalue weighted by Gasteiger charge is -2.29. The number of nitrogens with one attached hydrogen (secondary N) is 3. The molecule has 6 rings (SSSR count). The summed E-state index contributed by atoms with van der Waals surface area (Å²) in [5.41, 5.74) is 2.08. The van der Waals surface area contributed by atoms with E-state index in [4.69, 9.17) is 14.1 Å². The molecule has 2 aromatic heterocycles. The number of fused-ring (bicyclic) bond motifs is 1. The van der Waals surface area contributed by atoms with Gasteiger partial charge >= 0.3 is 6.03 Å². The van der Waals surface area contributed by atoms with Crippen LogP contribution in [-0.4, -0.2) is 48.2 Å². The Morgan fingerprint density at radius 2 is 1.57 bits per heavy atom. The highest BCUT2D eigenvalue weighted by Crippen LogP contribution is 2.34. The Kier molecular flexibility index (Phi) is 7.90. The summed E-state index contributed by atoms with van der Waals surface area (Å²) in [5, 5.41) is 8.28. The second kappa shape index (κ2) is 12.1. The molecule has 1 fully saturated rings. The number of hydrogen-bond donors (Lipinski definition) is 3. The molecule has 0 bridgehead atoms. The second-order valence-electron chi connectivity index (χ2n) is 10.3. The fourth-order valence-electron chi connectivity index (χ4n) is 4.93. The molecule has 10 nitrogen and oxygen atoms in total. The lowest BCUT2D eigenvalue weighted by Crippen LogP contribution is -2.37. The first-order valence-corrected chi connectivity index (χ1v) is 13.9. The lowest BCUT2D eigenvalue weighted by molar-refractivity contribution is -0.114. The van der Waals surface area contributed by atoms with Crippen molar-refractivity contribution in [3.05, 3.63) is 84.1 Å². The van der Waals surface area contributed by atoms with Gasteiger partial charge in [0.25, 0.3) is 0 Å². The molecule has 44 heavy (non-hydrogen) atoms. The van der Waals surface area contributed by atoms with E-state index in [1.807, 2.05) is 4.90 Å². The number of carbonyl (C=O) groups is 2. The molecule has 0 spiro atoms. The number of aryl methyl sites for hydroxylation is 1. The summed E-state index contributed by atoms with van der Waals surface area (Å²) in [6, 6.07) is 16.6. The van der Waals surface area contributed by atoms with Gasteiger partial charge in [0.1, 0.15) is 29.0 Å². The Bertz CT molecular complexity index is 1870. The third kappa shape index (κ3) is 6.20. The van der Waals surface area contributed by atoms with Crippen LogP contribution in [0, 0.1) is 18.6 Å². The van der Waals surface area contributed by atoms with Gasteiger partial charge in [0.05, 0.1) is 30.0 Å². The van der Waals surface area contributed by atoms with Crippen molar-refractivity contribution in [3.63, 3.8) is 0 Å². The van der Waals surface area contributed by atoms with Crippen LogP contribution in [-0.2, 0) is 9.53 Å². The van der Waals surface area contributed by atoms with Crippen molar-refractivity contribution in [1.82, 2.24) is 9.97 Å². The predicted octanol–water partition coefficient (Wildman–Crippen LogP) is 6.58. The van der Waals surface area contributed by atoms with E-state index in [2.05, 4.69) is 20.9 Å².